The summed E-state index contributed by atoms with van der Waals surface area (Å²) >= 11 is 1.33. The zero-order valence-electron chi connectivity index (χ0n) is 11.3. The van der Waals surface area contributed by atoms with Gasteiger partial charge in [0, 0.05) is 6.61 Å². The highest BCUT2D eigenvalue weighted by molar-refractivity contribution is 7.13. The van der Waals surface area contributed by atoms with Crippen molar-refractivity contribution in [1.82, 2.24) is 10.3 Å². The van der Waals surface area contributed by atoms with Gasteiger partial charge in [-0.15, -0.1) is 11.3 Å². The number of amides is 1. The van der Waals surface area contributed by atoms with Crippen molar-refractivity contribution in [3.8, 4) is 0 Å². The van der Waals surface area contributed by atoms with E-state index in [1.54, 1.807) is 18.3 Å². The third kappa shape index (κ3) is 3.15. The monoisotopic (exact) mass is 308 g/mol. The molecular formula is C14H16N2O4S. The number of rotatable bonds is 5. The molecule has 1 amide bonds. The normalized spacial score (nSPS) is 19.6. The lowest BCUT2D eigenvalue weighted by atomic mass is 10.2. The average molecular weight is 308 g/mol. The Morgan fingerprint density at radius 2 is 2.52 bits per heavy atom. The zero-order chi connectivity index (χ0) is 14.7. The number of carbonyl (C=O) groups is 1. The fourth-order valence-corrected chi connectivity index (χ4v) is 3.14. The van der Waals surface area contributed by atoms with E-state index in [0.29, 0.717) is 10.6 Å². The van der Waals surface area contributed by atoms with Crippen molar-refractivity contribution in [2.75, 3.05) is 13.2 Å². The second kappa shape index (κ2) is 6.38. The lowest BCUT2D eigenvalue weighted by Gasteiger charge is -2.12. The van der Waals surface area contributed by atoms with E-state index in [4.69, 9.17) is 9.15 Å². The summed E-state index contributed by atoms with van der Waals surface area (Å²) in [4.78, 5) is 17.0. The van der Waals surface area contributed by atoms with Crippen LogP contribution in [0, 0.1) is 0 Å². The molecule has 2 aromatic rings. The topological polar surface area (TPSA) is 84.6 Å². The average Bonchev–Trinajstić information content (AvgIpc) is 3.26. The van der Waals surface area contributed by atoms with Crippen LogP contribution in [0.5, 0.6) is 0 Å². The highest BCUT2D eigenvalue weighted by Crippen LogP contribution is 2.31. The van der Waals surface area contributed by atoms with E-state index in [-0.39, 0.29) is 18.6 Å². The Morgan fingerprint density at radius 1 is 1.62 bits per heavy atom. The highest BCUT2D eigenvalue weighted by Gasteiger charge is 2.24. The van der Waals surface area contributed by atoms with Crippen molar-refractivity contribution in [3.05, 3.63) is 40.2 Å². The molecule has 0 spiro atoms. The van der Waals surface area contributed by atoms with Crippen LogP contribution in [0.2, 0.25) is 0 Å². The Bertz CT molecular complexity index is 590. The predicted molar refractivity (Wildman–Crippen MR) is 76.0 cm³/mol. The molecule has 0 aliphatic carbocycles. The predicted octanol–water partition coefficient (Wildman–Crippen LogP) is 2.05. The number of thiazole rings is 1. The maximum absolute atomic E-state index is 12.2. The Labute approximate surface area is 125 Å². The second-order valence-electron chi connectivity index (χ2n) is 4.79. The van der Waals surface area contributed by atoms with Gasteiger partial charge in [0.25, 0.3) is 5.91 Å². The second-order valence-corrected chi connectivity index (χ2v) is 5.85. The molecule has 1 aliphatic heterocycles. The molecular weight excluding hydrogens is 292 g/mol. The van der Waals surface area contributed by atoms with E-state index < -0.39 is 6.04 Å². The SMILES string of the molecule is O=C(NC(CO)c1ccco1)c1cnc(C2CCCO2)s1. The summed E-state index contributed by atoms with van der Waals surface area (Å²) in [5.41, 5.74) is 0. The number of carbonyl (C=O) groups excluding carboxylic acids is 1. The van der Waals surface area contributed by atoms with Gasteiger partial charge >= 0.3 is 0 Å². The van der Waals surface area contributed by atoms with Gasteiger partial charge in [-0.2, -0.15) is 0 Å². The van der Waals surface area contributed by atoms with E-state index >= 15 is 0 Å². The maximum Gasteiger partial charge on any atom is 0.263 e. The van der Waals surface area contributed by atoms with E-state index in [2.05, 4.69) is 10.3 Å². The van der Waals surface area contributed by atoms with Gasteiger partial charge in [0.05, 0.1) is 19.1 Å². The summed E-state index contributed by atoms with van der Waals surface area (Å²) < 4.78 is 10.8. The van der Waals surface area contributed by atoms with Gasteiger partial charge in [0.15, 0.2) is 0 Å². The fraction of sp³-hybridized carbons (Fsp3) is 0.429. The van der Waals surface area contributed by atoms with Gasteiger partial charge in [-0.3, -0.25) is 4.79 Å². The number of furan rings is 1. The third-order valence-electron chi connectivity index (χ3n) is 3.33. The first-order chi connectivity index (χ1) is 10.3. The standard InChI is InChI=1S/C14H16N2O4S/c17-8-9(10-3-1-5-19-10)16-13(18)12-7-15-14(21-12)11-4-2-6-20-11/h1,3,5,7,9,11,17H,2,4,6,8H2,(H,16,18). The van der Waals surface area contributed by atoms with Crippen LogP contribution in [0.4, 0.5) is 0 Å². The van der Waals surface area contributed by atoms with Crippen LogP contribution in [-0.4, -0.2) is 29.2 Å². The number of aliphatic hydroxyl groups is 1. The molecule has 1 saturated heterocycles. The number of ether oxygens (including phenoxy) is 1. The van der Waals surface area contributed by atoms with Crippen molar-refractivity contribution in [2.24, 2.45) is 0 Å². The Kier molecular flexibility index (Phi) is 4.33. The molecule has 0 bridgehead atoms. The van der Waals surface area contributed by atoms with Crippen molar-refractivity contribution in [2.45, 2.75) is 25.0 Å². The third-order valence-corrected chi connectivity index (χ3v) is 4.42. The Balaban J connectivity index is 1.67. The van der Waals surface area contributed by atoms with Crippen LogP contribution < -0.4 is 5.32 Å². The van der Waals surface area contributed by atoms with Crippen molar-refractivity contribution >= 4 is 17.2 Å². The Hall–Kier alpha value is -1.70. The van der Waals surface area contributed by atoms with Gasteiger partial charge in [-0.1, -0.05) is 0 Å². The Morgan fingerprint density at radius 3 is 3.19 bits per heavy atom. The van der Waals surface area contributed by atoms with Crippen molar-refractivity contribution in [3.63, 3.8) is 0 Å². The molecule has 2 atom stereocenters. The largest absolute Gasteiger partial charge is 0.467 e. The summed E-state index contributed by atoms with van der Waals surface area (Å²) in [6.45, 7) is 0.521. The van der Waals surface area contributed by atoms with E-state index in [1.165, 1.54) is 17.6 Å². The molecule has 3 heterocycles. The van der Waals surface area contributed by atoms with Crippen LogP contribution in [0.25, 0.3) is 0 Å². The maximum atomic E-state index is 12.2. The molecule has 3 rings (SSSR count). The first-order valence-corrected chi connectivity index (χ1v) is 7.62. The quantitative estimate of drug-likeness (QED) is 0.883. The minimum atomic E-state index is -0.555. The zero-order valence-corrected chi connectivity index (χ0v) is 12.1. The summed E-state index contributed by atoms with van der Waals surface area (Å²) in [6, 6.07) is 2.87. The molecule has 0 radical (unpaired) electrons. The fourth-order valence-electron chi connectivity index (χ4n) is 2.24. The van der Waals surface area contributed by atoms with E-state index in [1.807, 2.05) is 0 Å². The summed E-state index contributed by atoms with van der Waals surface area (Å²) in [5.74, 6) is 0.252. The van der Waals surface area contributed by atoms with Crippen LogP contribution in [0.1, 0.15) is 45.4 Å². The van der Waals surface area contributed by atoms with E-state index in [9.17, 15) is 9.90 Å². The molecule has 0 aromatic carbocycles. The van der Waals surface area contributed by atoms with Gasteiger partial charge < -0.3 is 19.6 Å². The van der Waals surface area contributed by atoms with Gasteiger partial charge in [0.1, 0.15) is 27.8 Å². The number of nitrogens with one attached hydrogen (secondary N) is 1. The number of hydrogen-bond acceptors (Lipinski definition) is 6. The van der Waals surface area contributed by atoms with E-state index in [0.717, 1.165) is 24.5 Å². The van der Waals surface area contributed by atoms with Gasteiger partial charge in [-0.05, 0) is 25.0 Å². The molecule has 2 aromatic heterocycles. The smallest absolute Gasteiger partial charge is 0.263 e. The minimum absolute atomic E-state index is 0.00950. The molecule has 0 saturated carbocycles. The molecule has 21 heavy (non-hydrogen) atoms. The first-order valence-electron chi connectivity index (χ1n) is 6.80. The highest BCUT2D eigenvalue weighted by atomic mass is 32.1. The summed E-state index contributed by atoms with van der Waals surface area (Å²) in [7, 11) is 0. The van der Waals surface area contributed by atoms with Gasteiger partial charge in [-0.25, -0.2) is 4.98 Å². The number of aliphatic hydroxyl groups excluding tert-OH is 1. The number of aromatic nitrogens is 1. The summed E-state index contributed by atoms with van der Waals surface area (Å²) in [6.07, 6.45) is 5.03. The lowest BCUT2D eigenvalue weighted by Crippen LogP contribution is -2.29. The molecule has 2 N–H and O–H groups in total. The molecule has 2 unspecified atom stereocenters. The van der Waals surface area contributed by atoms with Crippen LogP contribution >= 0.6 is 11.3 Å². The minimum Gasteiger partial charge on any atom is -0.467 e. The van der Waals surface area contributed by atoms with Crippen LogP contribution in [-0.2, 0) is 4.74 Å². The van der Waals surface area contributed by atoms with Crippen molar-refractivity contribution < 1.29 is 19.1 Å². The van der Waals surface area contributed by atoms with Crippen molar-refractivity contribution in [1.29, 1.82) is 0 Å². The number of nitrogens with zero attached hydrogens (tertiary/aromatic N) is 1. The molecule has 1 aliphatic rings. The molecule has 112 valence electrons. The lowest BCUT2D eigenvalue weighted by molar-refractivity contribution is 0.0911. The first kappa shape index (κ1) is 14.2. The molecule has 1 fully saturated rings. The molecule has 7 heteroatoms. The summed E-state index contributed by atoms with van der Waals surface area (Å²) in [5, 5.41) is 12.9. The molecule has 6 nitrogen and oxygen atoms in total. The number of hydrogen-bond donors (Lipinski definition) is 2. The van der Waals surface area contributed by atoms with Crippen LogP contribution in [0.15, 0.2) is 29.0 Å². The van der Waals surface area contributed by atoms with Crippen LogP contribution in [0.3, 0.4) is 0 Å². The van der Waals surface area contributed by atoms with Gasteiger partial charge in [0.2, 0.25) is 0 Å².